The summed E-state index contributed by atoms with van der Waals surface area (Å²) < 4.78 is 4.53. The van der Waals surface area contributed by atoms with Crippen LogP contribution in [0.4, 0.5) is 0 Å². The molecule has 2 nitrogen and oxygen atoms in total. The van der Waals surface area contributed by atoms with Crippen molar-refractivity contribution < 1.29 is 0 Å². The van der Waals surface area contributed by atoms with Crippen molar-refractivity contribution in [1.82, 2.24) is 4.57 Å². The van der Waals surface area contributed by atoms with Crippen LogP contribution in [-0.2, 0) is 6.42 Å². The molecule has 2 aromatic rings. The Morgan fingerprint density at radius 1 is 1.26 bits per heavy atom. The lowest BCUT2D eigenvalue weighted by molar-refractivity contribution is 0.560. The first-order chi connectivity index (χ1) is 9.08. The molecule has 1 unspecified atom stereocenters. The van der Waals surface area contributed by atoms with E-state index in [1.807, 2.05) is 6.07 Å². The molecular formula is C15H16Br2N2. The van der Waals surface area contributed by atoms with Crippen molar-refractivity contribution in [3.05, 3.63) is 50.2 Å². The minimum atomic E-state index is 0.189. The van der Waals surface area contributed by atoms with Crippen LogP contribution in [0.1, 0.15) is 35.8 Å². The van der Waals surface area contributed by atoms with Gasteiger partial charge in [0, 0.05) is 26.4 Å². The first kappa shape index (κ1) is 13.4. The number of fused-ring (bicyclic) bond motifs is 1. The molecule has 4 heteroatoms. The number of nitrogens with two attached hydrogens (primary N) is 1. The molecule has 0 saturated carbocycles. The van der Waals surface area contributed by atoms with E-state index in [0.29, 0.717) is 0 Å². The molecule has 0 fully saturated rings. The number of hydrogen-bond acceptors (Lipinski definition) is 1. The normalized spacial score (nSPS) is 18.4. The average Bonchev–Trinajstić information content (AvgIpc) is 2.70. The van der Waals surface area contributed by atoms with Crippen LogP contribution in [0.3, 0.4) is 0 Å². The van der Waals surface area contributed by atoms with Gasteiger partial charge in [-0.15, -0.1) is 0 Å². The molecule has 0 amide bonds. The van der Waals surface area contributed by atoms with E-state index in [-0.39, 0.29) is 6.04 Å². The van der Waals surface area contributed by atoms with Crippen LogP contribution in [0.2, 0.25) is 0 Å². The fourth-order valence-electron chi connectivity index (χ4n) is 2.93. The first-order valence-electron chi connectivity index (χ1n) is 6.50. The maximum absolute atomic E-state index is 6.24. The Morgan fingerprint density at radius 2 is 2.05 bits per heavy atom. The van der Waals surface area contributed by atoms with Crippen LogP contribution in [0.25, 0.3) is 5.69 Å². The lowest BCUT2D eigenvalue weighted by atomic mass is 9.93. The second-order valence-corrected chi connectivity index (χ2v) is 6.89. The number of benzene rings is 1. The summed E-state index contributed by atoms with van der Waals surface area (Å²) in [5.41, 5.74) is 11.4. The van der Waals surface area contributed by atoms with Gasteiger partial charge in [-0.1, -0.05) is 15.9 Å². The summed E-state index contributed by atoms with van der Waals surface area (Å²) >= 11 is 7.21. The minimum Gasteiger partial charge on any atom is -0.324 e. The molecule has 0 aliphatic heterocycles. The van der Waals surface area contributed by atoms with Gasteiger partial charge in [0.1, 0.15) is 0 Å². The highest BCUT2D eigenvalue weighted by Crippen LogP contribution is 2.35. The Hall–Kier alpha value is -0.580. The smallest absolute Gasteiger partial charge is 0.0608 e. The van der Waals surface area contributed by atoms with E-state index in [1.54, 1.807) is 0 Å². The van der Waals surface area contributed by atoms with E-state index in [4.69, 9.17) is 5.73 Å². The van der Waals surface area contributed by atoms with E-state index in [2.05, 4.69) is 61.5 Å². The van der Waals surface area contributed by atoms with Crippen molar-refractivity contribution in [2.75, 3.05) is 0 Å². The van der Waals surface area contributed by atoms with Gasteiger partial charge >= 0.3 is 0 Å². The van der Waals surface area contributed by atoms with Gasteiger partial charge in [-0.2, -0.15) is 0 Å². The molecule has 1 heterocycles. The zero-order valence-corrected chi connectivity index (χ0v) is 14.0. The molecule has 0 radical (unpaired) electrons. The maximum atomic E-state index is 6.24. The number of nitrogens with zero attached hydrogens (tertiary/aromatic N) is 1. The van der Waals surface area contributed by atoms with E-state index < -0.39 is 0 Å². The van der Waals surface area contributed by atoms with Crippen LogP contribution >= 0.6 is 31.9 Å². The molecule has 0 bridgehead atoms. The third-order valence-corrected chi connectivity index (χ3v) is 4.96. The summed E-state index contributed by atoms with van der Waals surface area (Å²) in [7, 11) is 0. The van der Waals surface area contributed by atoms with Crippen LogP contribution in [0.15, 0.2) is 33.2 Å². The second kappa shape index (κ2) is 5.08. The molecule has 100 valence electrons. The Kier molecular flexibility index (Phi) is 3.58. The molecule has 0 saturated heterocycles. The highest BCUT2D eigenvalue weighted by Gasteiger charge is 2.23. The van der Waals surface area contributed by atoms with Gasteiger partial charge in [-0.3, -0.25) is 0 Å². The molecule has 1 aliphatic rings. The lowest BCUT2D eigenvalue weighted by Crippen LogP contribution is -2.18. The van der Waals surface area contributed by atoms with Crippen molar-refractivity contribution in [3.8, 4) is 5.69 Å². The highest BCUT2D eigenvalue weighted by atomic mass is 79.9. The minimum absolute atomic E-state index is 0.189. The Bertz CT molecular complexity index is 631. The SMILES string of the molecule is Cc1cc2c(n1-c1cc(Br)ccc1Br)CCCC2N. The van der Waals surface area contributed by atoms with Crippen LogP contribution in [0.5, 0.6) is 0 Å². The van der Waals surface area contributed by atoms with Crippen LogP contribution < -0.4 is 5.73 Å². The Labute approximate surface area is 130 Å². The van der Waals surface area contributed by atoms with Gasteiger partial charge in [-0.25, -0.2) is 0 Å². The molecular weight excluding hydrogens is 368 g/mol. The third-order valence-electron chi connectivity index (χ3n) is 3.80. The van der Waals surface area contributed by atoms with Gasteiger partial charge in [0.25, 0.3) is 0 Å². The summed E-state index contributed by atoms with van der Waals surface area (Å²) in [6.07, 6.45) is 3.37. The van der Waals surface area contributed by atoms with Gasteiger partial charge in [0.2, 0.25) is 0 Å². The largest absolute Gasteiger partial charge is 0.324 e. The summed E-state index contributed by atoms with van der Waals surface area (Å²) in [5.74, 6) is 0. The zero-order chi connectivity index (χ0) is 13.6. The van der Waals surface area contributed by atoms with Gasteiger partial charge in [-0.05, 0) is 71.9 Å². The standard InChI is InChI=1S/C15H16Br2N2/c1-9-7-11-13(18)3-2-4-14(11)19(9)15-8-10(16)5-6-12(15)17/h5-8,13H,2-4,18H2,1H3. The fourth-order valence-corrected chi connectivity index (χ4v) is 3.70. The van der Waals surface area contributed by atoms with Crippen LogP contribution in [0, 0.1) is 6.92 Å². The number of aromatic nitrogens is 1. The fraction of sp³-hybridized carbons (Fsp3) is 0.333. The quantitative estimate of drug-likeness (QED) is 0.763. The number of rotatable bonds is 1. The Morgan fingerprint density at radius 3 is 2.84 bits per heavy atom. The van der Waals surface area contributed by atoms with Crippen molar-refractivity contribution in [1.29, 1.82) is 0 Å². The number of aryl methyl sites for hydroxylation is 1. The summed E-state index contributed by atoms with van der Waals surface area (Å²) in [4.78, 5) is 0. The average molecular weight is 384 g/mol. The molecule has 1 aromatic carbocycles. The van der Waals surface area contributed by atoms with Crippen molar-refractivity contribution in [2.24, 2.45) is 5.73 Å². The molecule has 1 aliphatic carbocycles. The van der Waals surface area contributed by atoms with Crippen molar-refractivity contribution in [2.45, 2.75) is 32.2 Å². The Balaban J connectivity index is 2.23. The van der Waals surface area contributed by atoms with E-state index in [9.17, 15) is 0 Å². The molecule has 1 aromatic heterocycles. The summed E-state index contributed by atoms with van der Waals surface area (Å²) in [6, 6.07) is 8.71. The zero-order valence-electron chi connectivity index (χ0n) is 10.8. The monoisotopic (exact) mass is 382 g/mol. The van der Waals surface area contributed by atoms with Gasteiger partial charge in [0.15, 0.2) is 0 Å². The molecule has 2 N–H and O–H groups in total. The van der Waals surface area contributed by atoms with E-state index in [0.717, 1.165) is 21.8 Å². The lowest BCUT2D eigenvalue weighted by Gasteiger charge is -2.22. The van der Waals surface area contributed by atoms with Crippen LogP contribution in [-0.4, -0.2) is 4.57 Å². The molecule has 0 spiro atoms. The number of halogens is 2. The predicted molar refractivity (Wildman–Crippen MR) is 85.8 cm³/mol. The molecule has 3 rings (SSSR count). The number of hydrogen-bond donors (Lipinski definition) is 1. The van der Waals surface area contributed by atoms with Crippen molar-refractivity contribution in [3.63, 3.8) is 0 Å². The highest BCUT2D eigenvalue weighted by molar-refractivity contribution is 9.11. The van der Waals surface area contributed by atoms with Gasteiger partial charge in [0.05, 0.1) is 5.69 Å². The summed E-state index contributed by atoms with van der Waals surface area (Å²) in [5, 5.41) is 0. The molecule has 1 atom stereocenters. The van der Waals surface area contributed by atoms with E-state index in [1.165, 1.54) is 29.1 Å². The van der Waals surface area contributed by atoms with Crippen molar-refractivity contribution >= 4 is 31.9 Å². The molecule has 19 heavy (non-hydrogen) atoms. The van der Waals surface area contributed by atoms with Gasteiger partial charge < -0.3 is 10.3 Å². The summed E-state index contributed by atoms with van der Waals surface area (Å²) in [6.45, 7) is 2.15. The third kappa shape index (κ3) is 2.30. The predicted octanol–water partition coefficient (Wildman–Crippen LogP) is 4.65. The van der Waals surface area contributed by atoms with E-state index >= 15 is 0 Å². The second-order valence-electron chi connectivity index (χ2n) is 5.12. The maximum Gasteiger partial charge on any atom is 0.0608 e. The topological polar surface area (TPSA) is 30.9 Å². The first-order valence-corrected chi connectivity index (χ1v) is 8.08.